The molecule has 2 atom stereocenters. The van der Waals surface area contributed by atoms with E-state index < -0.39 is 24.8 Å². The van der Waals surface area contributed by atoms with E-state index >= 15 is 0 Å². The maximum atomic E-state index is 13.1. The molecule has 1 aliphatic carbocycles. The average Bonchev–Trinajstić information content (AvgIpc) is 3.52. The van der Waals surface area contributed by atoms with Crippen LogP contribution >= 0.6 is 11.3 Å². The first kappa shape index (κ1) is 29.5. The van der Waals surface area contributed by atoms with Gasteiger partial charge in [-0.25, -0.2) is 4.98 Å². The molecular weight excluding hydrogens is 613 g/mol. The number of carboxylic acids is 1. The Morgan fingerprint density at radius 1 is 1.09 bits per heavy atom. The highest BCUT2D eigenvalue weighted by Crippen LogP contribution is 2.47. The smallest absolute Gasteiger partial charge is 0.480 e. The molecule has 2 aromatic carbocycles. The fourth-order valence-corrected chi connectivity index (χ4v) is 7.56. The van der Waals surface area contributed by atoms with Crippen molar-refractivity contribution < 1.29 is 41.9 Å². The lowest BCUT2D eigenvalue weighted by Crippen LogP contribution is -2.45. The lowest BCUT2D eigenvalue weighted by atomic mass is 10.00. The summed E-state index contributed by atoms with van der Waals surface area (Å²) in [6, 6.07) is 11.5. The van der Waals surface area contributed by atoms with Crippen molar-refractivity contribution in [1.29, 1.82) is 0 Å². The minimum absolute atomic E-state index is 0.0610. The Labute approximate surface area is 259 Å². The standard InChI is InChI=1S/C31H29F3N4O6S/c32-31(33,34)43-24-4-2-1-3-21(24)27-22(28(44-37-27)16-5-6-16)15-42-20-12-18-8-9-19(13-20)38(18)30-36-23-10-7-17(11-25(23)45-30)29(41)35-14-26(39)40/h1-4,7,10-11,16,18-20H,5-6,8-9,12-15H2,(H,35,41)(H,39,40). The van der Waals surface area contributed by atoms with Gasteiger partial charge in [-0.1, -0.05) is 28.6 Å². The van der Waals surface area contributed by atoms with Crippen molar-refractivity contribution in [2.24, 2.45) is 0 Å². The zero-order valence-corrected chi connectivity index (χ0v) is 24.7. The van der Waals surface area contributed by atoms with E-state index in [1.807, 2.05) is 0 Å². The monoisotopic (exact) mass is 642 g/mol. The van der Waals surface area contributed by atoms with Crippen molar-refractivity contribution in [1.82, 2.24) is 15.5 Å². The third-order valence-corrected chi connectivity index (χ3v) is 9.58. The summed E-state index contributed by atoms with van der Waals surface area (Å²) in [5.41, 5.74) is 2.32. The van der Waals surface area contributed by atoms with E-state index in [4.69, 9.17) is 19.4 Å². The molecule has 2 saturated heterocycles. The summed E-state index contributed by atoms with van der Waals surface area (Å²) in [6.07, 6.45) is 0.461. The molecule has 1 amide bonds. The number of carboxylic acid groups (broad SMARTS) is 1. The number of nitrogens with zero attached hydrogens (tertiary/aromatic N) is 3. The van der Waals surface area contributed by atoms with E-state index in [-0.39, 0.29) is 42.0 Å². The lowest BCUT2D eigenvalue weighted by molar-refractivity contribution is -0.274. The first-order valence-electron chi connectivity index (χ1n) is 14.8. The molecule has 1 saturated carbocycles. The predicted molar refractivity (Wildman–Crippen MR) is 157 cm³/mol. The van der Waals surface area contributed by atoms with Crippen LogP contribution in [0.2, 0.25) is 0 Å². The molecule has 3 fully saturated rings. The second-order valence-electron chi connectivity index (χ2n) is 11.6. The van der Waals surface area contributed by atoms with Gasteiger partial charge in [0.25, 0.3) is 5.91 Å². The van der Waals surface area contributed by atoms with E-state index in [9.17, 15) is 22.8 Å². The van der Waals surface area contributed by atoms with Crippen molar-refractivity contribution in [3.8, 4) is 17.0 Å². The second kappa shape index (κ2) is 11.6. The van der Waals surface area contributed by atoms with Gasteiger partial charge >= 0.3 is 12.3 Å². The zero-order valence-electron chi connectivity index (χ0n) is 23.9. The molecular formula is C31H29F3N4O6S. The van der Waals surface area contributed by atoms with Gasteiger partial charge in [0.2, 0.25) is 0 Å². The third-order valence-electron chi connectivity index (χ3n) is 8.55. The molecule has 0 spiro atoms. The molecule has 2 bridgehead atoms. The number of hydrogen-bond acceptors (Lipinski definition) is 9. The van der Waals surface area contributed by atoms with Crippen molar-refractivity contribution in [3.63, 3.8) is 0 Å². The fourth-order valence-electron chi connectivity index (χ4n) is 6.41. The molecule has 4 aromatic rings. The van der Waals surface area contributed by atoms with E-state index in [1.54, 1.807) is 30.3 Å². The number of halogens is 3. The number of ether oxygens (including phenoxy) is 2. The van der Waals surface area contributed by atoms with Crippen LogP contribution in [-0.4, -0.2) is 58.2 Å². The van der Waals surface area contributed by atoms with Crippen LogP contribution in [-0.2, 0) is 16.1 Å². The number of rotatable bonds is 10. The average molecular weight is 643 g/mol. The first-order valence-corrected chi connectivity index (χ1v) is 15.6. The Morgan fingerprint density at radius 2 is 1.84 bits per heavy atom. The normalized spacial score (nSPS) is 21.3. The molecule has 10 nitrogen and oxygen atoms in total. The highest BCUT2D eigenvalue weighted by Gasteiger charge is 2.43. The number of anilines is 1. The van der Waals surface area contributed by atoms with Gasteiger partial charge in [-0.05, 0) is 68.9 Å². The number of amides is 1. The van der Waals surface area contributed by atoms with Crippen LogP contribution in [0.4, 0.5) is 18.3 Å². The zero-order chi connectivity index (χ0) is 31.3. The van der Waals surface area contributed by atoms with E-state index in [2.05, 4.69) is 20.1 Å². The summed E-state index contributed by atoms with van der Waals surface area (Å²) in [7, 11) is 0. The number of aliphatic carboxylic acids is 1. The number of benzene rings is 2. The molecule has 45 heavy (non-hydrogen) atoms. The molecule has 14 heteroatoms. The number of hydrogen-bond donors (Lipinski definition) is 2. The number of carbonyl (C=O) groups excluding carboxylic acids is 1. The molecule has 7 rings (SSSR count). The second-order valence-corrected chi connectivity index (χ2v) is 12.7. The van der Waals surface area contributed by atoms with E-state index in [1.165, 1.54) is 23.5 Å². The Morgan fingerprint density at radius 3 is 2.56 bits per heavy atom. The van der Waals surface area contributed by atoms with Crippen LogP contribution < -0.4 is 15.0 Å². The molecule has 0 radical (unpaired) electrons. The molecule has 2 aromatic heterocycles. The summed E-state index contributed by atoms with van der Waals surface area (Å²) < 4.78 is 56.7. The minimum Gasteiger partial charge on any atom is -0.480 e. The van der Waals surface area contributed by atoms with Gasteiger partial charge in [0.1, 0.15) is 23.7 Å². The number of fused-ring (bicyclic) bond motifs is 3. The Kier molecular flexibility index (Phi) is 7.64. The minimum atomic E-state index is -4.84. The highest BCUT2D eigenvalue weighted by atomic mass is 32.1. The van der Waals surface area contributed by atoms with Crippen LogP contribution in [0, 0.1) is 0 Å². The number of alkyl halides is 3. The lowest BCUT2D eigenvalue weighted by Gasteiger charge is -2.38. The number of carbonyl (C=O) groups is 2. The van der Waals surface area contributed by atoms with Crippen LogP contribution in [0.3, 0.4) is 0 Å². The largest absolute Gasteiger partial charge is 0.573 e. The SMILES string of the molecule is O=C(O)CNC(=O)c1ccc2nc(N3C4CCC3CC(OCc3c(-c5ccccc5OC(F)(F)F)noc3C3CC3)C4)sc2c1. The summed E-state index contributed by atoms with van der Waals surface area (Å²) in [6.45, 7) is -0.283. The molecule has 2 unspecified atom stereocenters. The van der Waals surface area contributed by atoms with Gasteiger partial charge in [-0.15, -0.1) is 13.2 Å². The first-order chi connectivity index (χ1) is 21.6. The van der Waals surface area contributed by atoms with Crippen molar-refractivity contribution in [3.05, 3.63) is 59.4 Å². The van der Waals surface area contributed by atoms with Crippen LogP contribution in [0.25, 0.3) is 21.5 Å². The summed E-state index contributed by atoms with van der Waals surface area (Å²) in [5.74, 6) is -1.06. The molecule has 2 aliphatic heterocycles. The van der Waals surface area contributed by atoms with Crippen LogP contribution in [0.15, 0.2) is 47.0 Å². The third kappa shape index (κ3) is 6.21. The van der Waals surface area contributed by atoms with Gasteiger partial charge in [0.05, 0.1) is 22.9 Å². The molecule has 236 valence electrons. The van der Waals surface area contributed by atoms with Gasteiger partial charge in [-0.2, -0.15) is 0 Å². The van der Waals surface area contributed by atoms with Crippen LogP contribution in [0.1, 0.15) is 66.1 Å². The maximum absolute atomic E-state index is 13.1. The molecule has 3 aliphatic rings. The predicted octanol–water partition coefficient (Wildman–Crippen LogP) is 6.26. The van der Waals surface area contributed by atoms with Gasteiger partial charge < -0.3 is 29.3 Å². The summed E-state index contributed by atoms with van der Waals surface area (Å²) >= 11 is 1.50. The Balaban J connectivity index is 1.06. The number of para-hydroxylation sites is 1. The molecule has 4 heterocycles. The van der Waals surface area contributed by atoms with Crippen molar-refractivity contribution in [2.45, 2.75) is 75.6 Å². The maximum Gasteiger partial charge on any atom is 0.573 e. The van der Waals surface area contributed by atoms with Gasteiger partial charge in [0, 0.05) is 34.7 Å². The number of aromatic nitrogens is 2. The number of nitrogens with one attached hydrogen (secondary N) is 1. The van der Waals surface area contributed by atoms with Crippen molar-refractivity contribution >= 4 is 38.6 Å². The Hall–Kier alpha value is -4.17. The van der Waals surface area contributed by atoms with Gasteiger partial charge in [-0.3, -0.25) is 9.59 Å². The van der Waals surface area contributed by atoms with Crippen LogP contribution in [0.5, 0.6) is 5.75 Å². The van der Waals surface area contributed by atoms with Crippen molar-refractivity contribution in [2.75, 3.05) is 11.4 Å². The fraction of sp³-hybridized carbons (Fsp3) is 0.419. The highest BCUT2D eigenvalue weighted by molar-refractivity contribution is 7.22. The summed E-state index contributed by atoms with van der Waals surface area (Å²) in [4.78, 5) is 30.4. The molecule has 2 N–H and O–H groups in total. The number of thiazole rings is 1. The number of piperidine rings is 1. The van der Waals surface area contributed by atoms with E-state index in [0.717, 1.165) is 53.9 Å². The van der Waals surface area contributed by atoms with Gasteiger partial charge in [0.15, 0.2) is 5.13 Å². The Bertz CT molecular complexity index is 1740. The summed E-state index contributed by atoms with van der Waals surface area (Å²) in [5, 5.41) is 16.3. The van der Waals surface area contributed by atoms with E-state index in [0.29, 0.717) is 22.6 Å². The quantitative estimate of drug-likeness (QED) is 0.206. The topological polar surface area (TPSA) is 127 Å².